The summed E-state index contributed by atoms with van der Waals surface area (Å²) >= 11 is 0. The van der Waals surface area contributed by atoms with Gasteiger partial charge in [-0.3, -0.25) is 0 Å². The van der Waals surface area contributed by atoms with Gasteiger partial charge in [0.15, 0.2) is 5.65 Å². The van der Waals surface area contributed by atoms with Crippen molar-refractivity contribution < 1.29 is 4.79 Å². The Kier molecular flexibility index (Phi) is 2.24. The molecule has 0 spiro atoms. The van der Waals surface area contributed by atoms with Crippen LogP contribution in [0.3, 0.4) is 0 Å². The van der Waals surface area contributed by atoms with Crippen LogP contribution in [0, 0.1) is 11.8 Å². The summed E-state index contributed by atoms with van der Waals surface area (Å²) < 4.78 is 1.64. The molecule has 0 aliphatic rings. The van der Waals surface area contributed by atoms with Crippen molar-refractivity contribution >= 4 is 11.9 Å². The van der Waals surface area contributed by atoms with Gasteiger partial charge in [0.1, 0.15) is 6.29 Å². The van der Waals surface area contributed by atoms with E-state index in [2.05, 4.69) is 21.9 Å². The topological polar surface area (TPSA) is 47.3 Å². The second kappa shape index (κ2) is 3.71. The third kappa shape index (κ3) is 1.48. The van der Waals surface area contributed by atoms with Gasteiger partial charge in [-0.15, -0.1) is 0 Å². The number of hydrogen-bond acceptors (Lipinski definition) is 3. The van der Waals surface area contributed by atoms with E-state index in [1.165, 1.54) is 0 Å². The van der Waals surface area contributed by atoms with Crippen LogP contribution in [0.1, 0.15) is 12.0 Å². The van der Waals surface area contributed by atoms with E-state index >= 15 is 0 Å². The number of aromatic nitrogens is 3. The van der Waals surface area contributed by atoms with Gasteiger partial charge in [0.25, 0.3) is 0 Å². The summed E-state index contributed by atoms with van der Waals surface area (Å²) in [4.78, 5) is 14.2. The molecule has 0 bridgehead atoms. The van der Waals surface area contributed by atoms with Crippen molar-refractivity contribution in [1.29, 1.82) is 0 Å². The molecule has 0 aliphatic carbocycles. The van der Waals surface area contributed by atoms with Gasteiger partial charge in [0.05, 0.1) is 18.2 Å². The summed E-state index contributed by atoms with van der Waals surface area (Å²) in [6, 6.07) is 1.79. The fourth-order valence-electron chi connectivity index (χ4n) is 1.10. The summed E-state index contributed by atoms with van der Waals surface area (Å²) in [6.45, 7) is 0. The number of fused-ring (bicyclic) bond motifs is 1. The maximum Gasteiger partial charge on any atom is 0.170 e. The first-order valence-corrected chi connectivity index (χ1v) is 4.12. The summed E-state index contributed by atoms with van der Waals surface area (Å²) in [5.74, 6) is 5.56. The molecule has 0 radical (unpaired) electrons. The third-order valence-corrected chi connectivity index (χ3v) is 1.69. The lowest BCUT2D eigenvalue weighted by atomic mass is 10.3. The van der Waals surface area contributed by atoms with E-state index in [-0.39, 0.29) is 6.42 Å². The molecule has 0 fully saturated rings. The first-order valence-electron chi connectivity index (χ1n) is 4.12. The van der Waals surface area contributed by atoms with Gasteiger partial charge >= 0.3 is 0 Å². The Labute approximate surface area is 80.6 Å². The average molecular weight is 185 g/mol. The molecule has 0 atom stereocenters. The van der Waals surface area contributed by atoms with Crippen molar-refractivity contribution in [1.82, 2.24) is 14.6 Å². The average Bonchev–Trinajstić information content (AvgIpc) is 2.63. The van der Waals surface area contributed by atoms with E-state index in [4.69, 9.17) is 0 Å². The zero-order chi connectivity index (χ0) is 9.80. The van der Waals surface area contributed by atoms with Crippen molar-refractivity contribution in [2.24, 2.45) is 0 Å². The van der Waals surface area contributed by atoms with E-state index in [0.717, 1.165) is 11.8 Å². The van der Waals surface area contributed by atoms with Crippen LogP contribution < -0.4 is 0 Å². The van der Waals surface area contributed by atoms with Gasteiger partial charge in [0, 0.05) is 12.4 Å². The highest BCUT2D eigenvalue weighted by Crippen LogP contribution is 2.04. The molecular formula is C10H7N3O. The Balaban J connectivity index is 2.44. The van der Waals surface area contributed by atoms with Gasteiger partial charge in [-0.1, -0.05) is 11.8 Å². The number of carbonyl (C=O) groups excluding carboxylic acids is 1. The first-order chi connectivity index (χ1) is 6.92. The highest BCUT2D eigenvalue weighted by molar-refractivity contribution is 5.59. The Hall–Kier alpha value is -2.15. The molecule has 2 rings (SSSR count). The highest BCUT2D eigenvalue weighted by Gasteiger charge is 1.99. The quantitative estimate of drug-likeness (QED) is 0.484. The molecule has 0 saturated carbocycles. The smallest absolute Gasteiger partial charge is 0.170 e. The van der Waals surface area contributed by atoms with Crippen LogP contribution in [0.5, 0.6) is 0 Å². The maximum absolute atomic E-state index is 10.1. The predicted octanol–water partition coefficient (Wildman–Crippen LogP) is 0.670. The molecule has 2 aromatic rings. The normalized spacial score (nSPS) is 9.43. The lowest BCUT2D eigenvalue weighted by molar-refractivity contribution is -0.107. The minimum absolute atomic E-state index is 0.240. The second-order valence-electron chi connectivity index (χ2n) is 2.62. The van der Waals surface area contributed by atoms with E-state index < -0.39 is 0 Å². The van der Waals surface area contributed by atoms with Crippen LogP contribution >= 0.6 is 0 Å². The number of aldehydes is 1. The van der Waals surface area contributed by atoms with Crippen molar-refractivity contribution in [2.75, 3.05) is 0 Å². The molecule has 0 amide bonds. The molecule has 2 heterocycles. The molecule has 4 heteroatoms. The Bertz CT molecular complexity index is 519. The fourth-order valence-corrected chi connectivity index (χ4v) is 1.10. The Morgan fingerprint density at radius 2 is 2.50 bits per heavy atom. The van der Waals surface area contributed by atoms with E-state index in [0.29, 0.717) is 5.65 Å². The highest BCUT2D eigenvalue weighted by atomic mass is 16.1. The summed E-state index contributed by atoms with van der Waals surface area (Å²) in [5, 5.41) is 4.06. The fraction of sp³-hybridized carbons (Fsp3) is 0.100. The Morgan fingerprint density at radius 3 is 3.36 bits per heavy atom. The maximum atomic E-state index is 10.1. The van der Waals surface area contributed by atoms with E-state index in [1.807, 2.05) is 0 Å². The standard InChI is InChI=1S/C10H7N3O/c14-7-2-1-4-9-8-12-13-6-3-5-11-10(9)13/h3,5-8H,2H2. The zero-order valence-corrected chi connectivity index (χ0v) is 7.34. The zero-order valence-electron chi connectivity index (χ0n) is 7.34. The molecule has 0 N–H and O–H groups in total. The molecule has 68 valence electrons. The molecule has 0 unspecified atom stereocenters. The molecule has 4 nitrogen and oxygen atoms in total. The monoisotopic (exact) mass is 185 g/mol. The van der Waals surface area contributed by atoms with Crippen molar-refractivity contribution in [3.8, 4) is 11.8 Å². The lowest BCUT2D eigenvalue weighted by Crippen LogP contribution is -1.87. The van der Waals surface area contributed by atoms with Crippen LogP contribution in [-0.4, -0.2) is 20.9 Å². The van der Waals surface area contributed by atoms with Crippen LogP contribution in [-0.2, 0) is 4.79 Å². The van der Waals surface area contributed by atoms with Gasteiger partial charge in [-0.05, 0) is 6.07 Å². The van der Waals surface area contributed by atoms with Crippen LogP contribution in [0.4, 0.5) is 0 Å². The van der Waals surface area contributed by atoms with Gasteiger partial charge in [0.2, 0.25) is 0 Å². The SMILES string of the molecule is O=CCC#Cc1cnn2cccnc12. The minimum Gasteiger partial charge on any atom is -0.302 e. The molecule has 2 aromatic heterocycles. The van der Waals surface area contributed by atoms with E-state index in [1.54, 1.807) is 29.2 Å². The number of rotatable bonds is 1. The molecule has 0 aliphatic heterocycles. The summed E-state index contributed by atoms with van der Waals surface area (Å²) in [5.41, 5.74) is 1.46. The molecule has 14 heavy (non-hydrogen) atoms. The van der Waals surface area contributed by atoms with Crippen molar-refractivity contribution in [3.63, 3.8) is 0 Å². The van der Waals surface area contributed by atoms with Gasteiger partial charge in [-0.25, -0.2) is 9.50 Å². The summed E-state index contributed by atoms with van der Waals surface area (Å²) in [6.07, 6.45) is 6.13. The number of hydrogen-bond donors (Lipinski definition) is 0. The Morgan fingerprint density at radius 1 is 1.57 bits per heavy atom. The van der Waals surface area contributed by atoms with Gasteiger partial charge < -0.3 is 4.79 Å². The van der Waals surface area contributed by atoms with Crippen molar-refractivity contribution in [3.05, 3.63) is 30.2 Å². The largest absolute Gasteiger partial charge is 0.302 e. The van der Waals surface area contributed by atoms with E-state index in [9.17, 15) is 4.79 Å². The molecule has 0 saturated heterocycles. The first kappa shape index (κ1) is 8.45. The second-order valence-corrected chi connectivity index (χ2v) is 2.62. The van der Waals surface area contributed by atoms with Crippen LogP contribution in [0.15, 0.2) is 24.7 Å². The molecule has 0 aromatic carbocycles. The van der Waals surface area contributed by atoms with Crippen LogP contribution in [0.2, 0.25) is 0 Å². The van der Waals surface area contributed by atoms with Crippen molar-refractivity contribution in [2.45, 2.75) is 6.42 Å². The third-order valence-electron chi connectivity index (χ3n) is 1.69. The minimum atomic E-state index is 0.240. The molecular weight excluding hydrogens is 178 g/mol. The summed E-state index contributed by atoms with van der Waals surface area (Å²) in [7, 11) is 0. The number of carbonyl (C=O) groups is 1. The predicted molar refractivity (Wildman–Crippen MR) is 50.5 cm³/mol. The van der Waals surface area contributed by atoms with Gasteiger partial charge in [-0.2, -0.15) is 5.10 Å². The lowest BCUT2D eigenvalue weighted by Gasteiger charge is -1.88. The number of nitrogens with zero attached hydrogens (tertiary/aromatic N) is 3. The van der Waals surface area contributed by atoms with Crippen LogP contribution in [0.25, 0.3) is 5.65 Å².